The van der Waals surface area contributed by atoms with E-state index in [1.54, 1.807) is 20.4 Å². The van der Waals surface area contributed by atoms with Crippen molar-refractivity contribution in [3.63, 3.8) is 0 Å². The third-order valence-electron chi connectivity index (χ3n) is 4.22. The summed E-state index contributed by atoms with van der Waals surface area (Å²) in [6, 6.07) is 18.4. The maximum atomic E-state index is 5.39. The lowest BCUT2D eigenvalue weighted by Gasteiger charge is -2.14. The van der Waals surface area contributed by atoms with E-state index in [9.17, 15) is 0 Å². The second-order valence-corrected chi connectivity index (χ2v) is 6.11. The van der Waals surface area contributed by atoms with Gasteiger partial charge in [0.05, 0.1) is 13.7 Å². The van der Waals surface area contributed by atoms with Gasteiger partial charge in [-0.1, -0.05) is 42.5 Å². The maximum absolute atomic E-state index is 5.39. The third-order valence-corrected chi connectivity index (χ3v) is 4.22. The number of rotatable bonds is 7. The molecule has 1 aromatic heterocycles. The van der Waals surface area contributed by atoms with Crippen LogP contribution in [0.2, 0.25) is 0 Å². The molecule has 0 unspecified atom stereocenters. The number of methoxy groups -OCH3 is 1. The van der Waals surface area contributed by atoms with Crippen LogP contribution < -0.4 is 15.4 Å². The smallest absolute Gasteiger partial charge is 0.191 e. The van der Waals surface area contributed by atoms with Crippen molar-refractivity contribution in [1.29, 1.82) is 0 Å². The summed E-state index contributed by atoms with van der Waals surface area (Å²) in [6.45, 7) is 2.10. The van der Waals surface area contributed by atoms with E-state index in [-0.39, 0.29) is 0 Å². The molecule has 0 spiro atoms. The Bertz CT molecular complexity index is 874. The minimum atomic E-state index is 0.642. The molecule has 0 fully saturated rings. The molecule has 0 amide bonds. The van der Waals surface area contributed by atoms with E-state index < -0.39 is 0 Å². The average Bonchev–Trinajstić information content (AvgIpc) is 3.21. The fourth-order valence-corrected chi connectivity index (χ4v) is 2.85. The van der Waals surface area contributed by atoms with Crippen LogP contribution in [-0.4, -0.2) is 29.9 Å². The SMILES string of the molecule is CN=C(NCc1cccc(Cn2cccn2)c1)NCc1ccccc1OC. The van der Waals surface area contributed by atoms with Crippen LogP contribution in [0.4, 0.5) is 0 Å². The second-order valence-electron chi connectivity index (χ2n) is 6.11. The highest BCUT2D eigenvalue weighted by molar-refractivity contribution is 5.79. The molecule has 0 atom stereocenters. The van der Waals surface area contributed by atoms with Gasteiger partial charge in [-0.05, 0) is 23.3 Å². The van der Waals surface area contributed by atoms with E-state index in [1.165, 1.54) is 11.1 Å². The van der Waals surface area contributed by atoms with Crippen molar-refractivity contribution >= 4 is 5.96 Å². The first-order valence-electron chi connectivity index (χ1n) is 8.90. The molecule has 0 radical (unpaired) electrons. The van der Waals surface area contributed by atoms with Crippen LogP contribution in [0.15, 0.2) is 72.0 Å². The number of para-hydroxylation sites is 1. The summed E-state index contributed by atoms with van der Waals surface area (Å²) in [7, 11) is 3.45. The predicted octanol–water partition coefficient (Wildman–Crippen LogP) is 2.81. The van der Waals surface area contributed by atoms with Gasteiger partial charge >= 0.3 is 0 Å². The molecule has 6 heteroatoms. The minimum Gasteiger partial charge on any atom is -0.496 e. The summed E-state index contributed by atoms with van der Waals surface area (Å²) in [6.07, 6.45) is 3.76. The van der Waals surface area contributed by atoms with E-state index >= 15 is 0 Å². The van der Waals surface area contributed by atoms with Crippen molar-refractivity contribution < 1.29 is 4.74 Å². The molecule has 140 valence electrons. The lowest BCUT2D eigenvalue weighted by molar-refractivity contribution is 0.409. The molecule has 2 aromatic carbocycles. The van der Waals surface area contributed by atoms with Crippen molar-refractivity contribution in [1.82, 2.24) is 20.4 Å². The number of ether oxygens (including phenoxy) is 1. The Labute approximate surface area is 159 Å². The highest BCUT2D eigenvalue weighted by atomic mass is 16.5. The number of hydrogen-bond acceptors (Lipinski definition) is 3. The number of nitrogens with one attached hydrogen (secondary N) is 2. The van der Waals surface area contributed by atoms with E-state index in [1.807, 2.05) is 41.2 Å². The topological polar surface area (TPSA) is 63.5 Å². The fraction of sp³-hybridized carbons (Fsp3) is 0.238. The van der Waals surface area contributed by atoms with Gasteiger partial charge in [0.1, 0.15) is 5.75 Å². The highest BCUT2D eigenvalue weighted by Gasteiger charge is 2.04. The molecule has 6 nitrogen and oxygen atoms in total. The molecule has 3 rings (SSSR count). The molecule has 0 saturated heterocycles. The quantitative estimate of drug-likeness (QED) is 0.500. The van der Waals surface area contributed by atoms with Gasteiger partial charge < -0.3 is 15.4 Å². The maximum Gasteiger partial charge on any atom is 0.191 e. The first kappa shape index (κ1) is 18.5. The Kier molecular flexibility index (Phi) is 6.46. The van der Waals surface area contributed by atoms with Crippen LogP contribution in [0.1, 0.15) is 16.7 Å². The van der Waals surface area contributed by atoms with Gasteiger partial charge in [0.25, 0.3) is 0 Å². The van der Waals surface area contributed by atoms with E-state index in [0.717, 1.165) is 23.8 Å². The van der Waals surface area contributed by atoms with Gasteiger partial charge in [-0.15, -0.1) is 0 Å². The first-order valence-corrected chi connectivity index (χ1v) is 8.90. The van der Waals surface area contributed by atoms with Gasteiger partial charge in [0.15, 0.2) is 5.96 Å². The van der Waals surface area contributed by atoms with Crippen LogP contribution in [0.3, 0.4) is 0 Å². The second kappa shape index (κ2) is 9.43. The van der Waals surface area contributed by atoms with Crippen LogP contribution in [0, 0.1) is 0 Å². The Balaban J connectivity index is 1.55. The van der Waals surface area contributed by atoms with Crippen molar-refractivity contribution in [2.45, 2.75) is 19.6 Å². The molecule has 0 bridgehead atoms. The van der Waals surface area contributed by atoms with Crippen molar-refractivity contribution in [2.24, 2.45) is 4.99 Å². The normalized spacial score (nSPS) is 11.3. The molecule has 27 heavy (non-hydrogen) atoms. The Hall–Kier alpha value is -3.28. The largest absolute Gasteiger partial charge is 0.496 e. The van der Waals surface area contributed by atoms with Crippen LogP contribution in [0.5, 0.6) is 5.75 Å². The first-order chi connectivity index (χ1) is 13.3. The number of aromatic nitrogens is 2. The molecule has 0 aliphatic heterocycles. The van der Waals surface area contributed by atoms with Crippen LogP contribution >= 0.6 is 0 Å². The Morgan fingerprint density at radius 1 is 1.04 bits per heavy atom. The monoisotopic (exact) mass is 363 g/mol. The summed E-state index contributed by atoms with van der Waals surface area (Å²) < 4.78 is 7.31. The third kappa shape index (κ3) is 5.34. The molecule has 0 aliphatic carbocycles. The molecule has 3 aromatic rings. The standard InChI is InChI=1S/C21H25N5O/c1-22-21(24-15-19-9-3-4-10-20(19)27-2)23-14-17-7-5-8-18(13-17)16-26-12-6-11-25-26/h3-13H,14-16H2,1-2H3,(H2,22,23,24). The van der Waals surface area contributed by atoms with E-state index in [4.69, 9.17) is 4.74 Å². The van der Waals surface area contributed by atoms with Crippen molar-refractivity contribution in [2.75, 3.05) is 14.2 Å². The summed E-state index contributed by atoms with van der Waals surface area (Å²) in [5.74, 6) is 1.62. The molecule has 1 heterocycles. The summed E-state index contributed by atoms with van der Waals surface area (Å²) in [5, 5.41) is 10.9. The lowest BCUT2D eigenvalue weighted by Crippen LogP contribution is -2.36. The number of hydrogen-bond donors (Lipinski definition) is 2. The number of guanidine groups is 1. The summed E-state index contributed by atoms with van der Waals surface area (Å²) >= 11 is 0. The zero-order valence-electron chi connectivity index (χ0n) is 15.7. The van der Waals surface area contributed by atoms with Crippen molar-refractivity contribution in [3.8, 4) is 5.75 Å². The van der Waals surface area contributed by atoms with Crippen LogP contribution in [-0.2, 0) is 19.6 Å². The molecule has 0 saturated carbocycles. The highest BCUT2D eigenvalue weighted by Crippen LogP contribution is 2.16. The Morgan fingerprint density at radius 3 is 2.63 bits per heavy atom. The summed E-state index contributed by atoms with van der Waals surface area (Å²) in [5.41, 5.74) is 3.50. The van der Waals surface area contributed by atoms with E-state index in [0.29, 0.717) is 13.1 Å². The van der Waals surface area contributed by atoms with Gasteiger partial charge in [0, 0.05) is 38.1 Å². The number of nitrogens with zero attached hydrogens (tertiary/aromatic N) is 3. The van der Waals surface area contributed by atoms with Crippen molar-refractivity contribution in [3.05, 3.63) is 83.7 Å². The van der Waals surface area contributed by atoms with Gasteiger partial charge in [0.2, 0.25) is 0 Å². The summed E-state index contributed by atoms with van der Waals surface area (Å²) in [4.78, 5) is 4.30. The minimum absolute atomic E-state index is 0.642. The predicted molar refractivity (Wildman–Crippen MR) is 108 cm³/mol. The lowest BCUT2D eigenvalue weighted by atomic mass is 10.1. The zero-order chi connectivity index (χ0) is 18.9. The van der Waals surface area contributed by atoms with Gasteiger partial charge in [-0.2, -0.15) is 5.10 Å². The molecule has 0 aliphatic rings. The Morgan fingerprint density at radius 2 is 1.85 bits per heavy atom. The zero-order valence-corrected chi connectivity index (χ0v) is 15.7. The number of benzene rings is 2. The fourth-order valence-electron chi connectivity index (χ4n) is 2.85. The average molecular weight is 363 g/mol. The van der Waals surface area contributed by atoms with Crippen LogP contribution in [0.25, 0.3) is 0 Å². The van der Waals surface area contributed by atoms with Gasteiger partial charge in [-0.3, -0.25) is 9.67 Å². The van der Waals surface area contributed by atoms with E-state index in [2.05, 4.69) is 45.0 Å². The van der Waals surface area contributed by atoms with Gasteiger partial charge in [-0.25, -0.2) is 0 Å². The molecule has 2 N–H and O–H groups in total. The number of aliphatic imine (C=N–C) groups is 1. The molecular weight excluding hydrogens is 338 g/mol. The molecular formula is C21H25N5O.